The second-order valence-electron chi connectivity index (χ2n) is 15.4. The first-order valence-corrected chi connectivity index (χ1v) is 17.9. The summed E-state index contributed by atoms with van der Waals surface area (Å²) < 4.78 is 91.1. The number of pyridine rings is 1. The van der Waals surface area contributed by atoms with Crippen molar-refractivity contribution < 1.29 is 31.1 Å². The molecule has 0 radical (unpaired) electrons. The van der Waals surface area contributed by atoms with E-state index in [4.69, 9.17) is 14.8 Å². The number of halogens is 6. The average molecular weight is 731 g/mol. The molecule has 15 heteroatoms. The number of hydrogen-bond donors (Lipinski definition) is 0. The van der Waals surface area contributed by atoms with Crippen LogP contribution in [0.15, 0.2) is 36.7 Å². The van der Waals surface area contributed by atoms with Crippen LogP contribution in [0, 0.1) is 18.8 Å². The van der Waals surface area contributed by atoms with Gasteiger partial charge in [0.25, 0.3) is 0 Å². The molecule has 52 heavy (non-hydrogen) atoms. The van der Waals surface area contributed by atoms with Gasteiger partial charge in [0.1, 0.15) is 5.82 Å². The molecule has 4 heterocycles. The summed E-state index contributed by atoms with van der Waals surface area (Å²) in [7, 11) is 0. The van der Waals surface area contributed by atoms with E-state index < -0.39 is 23.5 Å². The lowest BCUT2D eigenvalue weighted by Gasteiger charge is -2.31. The normalized spacial score (nSPS) is 17.2. The first-order valence-electron chi connectivity index (χ1n) is 17.9. The first-order chi connectivity index (χ1) is 24.5. The summed E-state index contributed by atoms with van der Waals surface area (Å²) in [5.41, 5.74) is -0.239. The van der Waals surface area contributed by atoms with Crippen molar-refractivity contribution in [2.45, 2.75) is 84.4 Å². The topological polar surface area (TPSA) is 75.4 Å². The smallest absolute Gasteiger partial charge is 0.378 e. The van der Waals surface area contributed by atoms with Crippen molar-refractivity contribution in [3.63, 3.8) is 0 Å². The highest BCUT2D eigenvalue weighted by molar-refractivity contribution is 5.82. The molecule has 0 amide bonds. The standard InChI is InChI=1S/C37H44F6N8O/c1-23-31-15-27(32(46-33(31)51(47-23)35(2,3)4)49(19-24-5-6-24)20-25-7-8-25)22-50(34-44-17-30(18-45-34)48-9-11-52-12-10-48)21-26-13-28(36(38,39)40)16-29(14-26)37(41,42)43/h13-18,24-25H,5-12,19-22H2,1-4H3. The van der Waals surface area contributed by atoms with Crippen LogP contribution in [-0.2, 0) is 35.7 Å². The number of ether oxygens (including phenoxy) is 1. The Morgan fingerprint density at radius 1 is 0.788 bits per heavy atom. The molecule has 1 aromatic carbocycles. The second-order valence-corrected chi connectivity index (χ2v) is 15.4. The number of aryl methyl sites for hydroxylation is 1. The van der Waals surface area contributed by atoms with Crippen molar-refractivity contribution in [3.05, 3.63) is 64.6 Å². The Morgan fingerprint density at radius 3 is 1.88 bits per heavy atom. The fraction of sp³-hybridized carbons (Fsp3) is 0.568. The van der Waals surface area contributed by atoms with Gasteiger partial charge in [-0.2, -0.15) is 31.4 Å². The van der Waals surface area contributed by atoms with Gasteiger partial charge in [-0.15, -0.1) is 0 Å². The first kappa shape index (κ1) is 36.2. The Balaban J connectivity index is 1.34. The molecule has 3 fully saturated rings. The molecule has 2 aliphatic carbocycles. The van der Waals surface area contributed by atoms with Gasteiger partial charge in [-0.05, 0) is 95.0 Å². The quantitative estimate of drug-likeness (QED) is 0.144. The number of rotatable bonds is 11. The van der Waals surface area contributed by atoms with Crippen LogP contribution in [0.4, 0.5) is 43.8 Å². The number of benzene rings is 1. The highest BCUT2D eigenvalue weighted by Crippen LogP contribution is 2.40. The maximum absolute atomic E-state index is 14.0. The highest BCUT2D eigenvalue weighted by atomic mass is 19.4. The largest absolute Gasteiger partial charge is 0.416 e. The molecule has 3 aliphatic rings. The minimum absolute atomic E-state index is 0.0821. The Bertz CT molecular complexity index is 1840. The SMILES string of the molecule is Cc1nn(C(C)(C)C)c2nc(N(CC3CC3)CC3CC3)c(CN(Cc3cc(C(F)(F)F)cc(C(F)(F)F)c3)c3ncc(N4CCOCC4)cn3)cc12. The second kappa shape index (κ2) is 13.7. The summed E-state index contributed by atoms with van der Waals surface area (Å²) in [6, 6.07) is 3.73. The van der Waals surface area contributed by atoms with Gasteiger partial charge in [0.2, 0.25) is 5.95 Å². The lowest BCUT2D eigenvalue weighted by atomic mass is 10.0. The molecule has 0 spiro atoms. The summed E-state index contributed by atoms with van der Waals surface area (Å²) in [4.78, 5) is 20.6. The maximum atomic E-state index is 14.0. The van der Waals surface area contributed by atoms with Crippen LogP contribution in [0.25, 0.3) is 11.0 Å². The third kappa shape index (κ3) is 8.24. The van der Waals surface area contributed by atoms with Crippen molar-refractivity contribution in [2.24, 2.45) is 11.8 Å². The van der Waals surface area contributed by atoms with E-state index in [2.05, 4.69) is 40.5 Å². The van der Waals surface area contributed by atoms with Crippen LogP contribution in [-0.4, -0.2) is 64.1 Å². The zero-order chi connectivity index (χ0) is 37.0. The zero-order valence-corrected chi connectivity index (χ0v) is 29.9. The van der Waals surface area contributed by atoms with Crippen LogP contribution in [0.1, 0.15) is 74.4 Å². The van der Waals surface area contributed by atoms with Gasteiger partial charge in [-0.3, -0.25) is 0 Å². The fourth-order valence-corrected chi connectivity index (χ4v) is 6.74. The van der Waals surface area contributed by atoms with Crippen molar-refractivity contribution in [3.8, 4) is 0 Å². The number of nitrogens with zero attached hydrogens (tertiary/aromatic N) is 8. The molecule has 7 rings (SSSR count). The van der Waals surface area contributed by atoms with Crippen LogP contribution < -0.4 is 14.7 Å². The summed E-state index contributed by atoms with van der Waals surface area (Å²) in [5, 5.41) is 5.67. The molecule has 0 atom stereocenters. The maximum Gasteiger partial charge on any atom is 0.416 e. The van der Waals surface area contributed by atoms with Gasteiger partial charge < -0.3 is 19.4 Å². The van der Waals surface area contributed by atoms with E-state index >= 15 is 0 Å². The van der Waals surface area contributed by atoms with E-state index in [9.17, 15) is 26.3 Å². The van der Waals surface area contributed by atoms with Crippen molar-refractivity contribution >= 4 is 28.5 Å². The van der Waals surface area contributed by atoms with Crippen LogP contribution in [0.5, 0.6) is 0 Å². The minimum Gasteiger partial charge on any atom is -0.378 e. The van der Waals surface area contributed by atoms with Gasteiger partial charge in [0.05, 0.1) is 53.7 Å². The summed E-state index contributed by atoms with van der Waals surface area (Å²) >= 11 is 0. The number of alkyl halides is 6. The molecular weight excluding hydrogens is 686 g/mol. The van der Waals surface area contributed by atoms with E-state index in [0.29, 0.717) is 38.1 Å². The molecule has 0 unspecified atom stereocenters. The molecule has 0 bridgehead atoms. The van der Waals surface area contributed by atoms with Crippen LogP contribution in [0.3, 0.4) is 0 Å². The lowest BCUT2D eigenvalue weighted by Crippen LogP contribution is -2.36. The monoisotopic (exact) mass is 730 g/mol. The number of hydrogen-bond acceptors (Lipinski definition) is 8. The van der Waals surface area contributed by atoms with Crippen LogP contribution in [0.2, 0.25) is 0 Å². The molecule has 2 saturated carbocycles. The minimum atomic E-state index is -4.98. The third-order valence-electron chi connectivity index (χ3n) is 9.85. The predicted molar refractivity (Wildman–Crippen MR) is 186 cm³/mol. The molecule has 1 aliphatic heterocycles. The van der Waals surface area contributed by atoms with Crippen molar-refractivity contribution in [1.82, 2.24) is 24.7 Å². The molecule has 3 aromatic heterocycles. The van der Waals surface area contributed by atoms with Gasteiger partial charge in [0, 0.05) is 50.2 Å². The number of aromatic nitrogens is 5. The van der Waals surface area contributed by atoms with Gasteiger partial charge in [-0.25, -0.2) is 19.6 Å². The van der Waals surface area contributed by atoms with Gasteiger partial charge >= 0.3 is 12.4 Å². The van der Waals surface area contributed by atoms with E-state index in [-0.39, 0.29) is 36.2 Å². The van der Waals surface area contributed by atoms with Crippen LogP contribution >= 0.6 is 0 Å². The van der Waals surface area contributed by atoms with E-state index in [1.807, 2.05) is 17.7 Å². The Morgan fingerprint density at radius 2 is 1.37 bits per heavy atom. The molecule has 280 valence electrons. The Hall–Kier alpha value is -4.14. The van der Waals surface area contributed by atoms with Gasteiger partial charge in [-0.1, -0.05) is 0 Å². The molecule has 4 aromatic rings. The Kier molecular flexibility index (Phi) is 9.53. The Labute approximate surface area is 299 Å². The van der Waals surface area contributed by atoms with Crippen molar-refractivity contribution in [1.29, 1.82) is 0 Å². The number of fused-ring (bicyclic) bond motifs is 1. The molecule has 1 saturated heterocycles. The predicted octanol–water partition coefficient (Wildman–Crippen LogP) is 7.99. The molecular formula is C37H44F6N8O. The summed E-state index contributed by atoms with van der Waals surface area (Å²) in [6.07, 6.45) is -2.16. The highest BCUT2D eigenvalue weighted by Gasteiger charge is 2.38. The zero-order valence-electron chi connectivity index (χ0n) is 29.9. The number of anilines is 3. The summed E-state index contributed by atoms with van der Waals surface area (Å²) in [5.74, 6) is 1.99. The molecule has 9 nitrogen and oxygen atoms in total. The summed E-state index contributed by atoms with van der Waals surface area (Å²) in [6.45, 7) is 11.9. The van der Waals surface area contributed by atoms with Gasteiger partial charge in [0.15, 0.2) is 5.65 Å². The van der Waals surface area contributed by atoms with Crippen molar-refractivity contribution in [2.75, 3.05) is 54.1 Å². The fourth-order valence-electron chi connectivity index (χ4n) is 6.74. The lowest BCUT2D eigenvalue weighted by molar-refractivity contribution is -0.143. The number of morpholine rings is 1. The van der Waals surface area contributed by atoms with E-state index in [0.717, 1.165) is 84.7 Å². The average Bonchev–Trinajstić information content (AvgIpc) is 4.03. The van der Waals surface area contributed by atoms with E-state index in [1.54, 1.807) is 17.3 Å². The molecule has 0 N–H and O–H groups in total. The third-order valence-corrected chi connectivity index (χ3v) is 9.85. The van der Waals surface area contributed by atoms with E-state index in [1.165, 1.54) is 0 Å².